The van der Waals surface area contributed by atoms with Crippen molar-refractivity contribution in [2.24, 2.45) is 5.92 Å². The van der Waals surface area contributed by atoms with Crippen LogP contribution in [0.25, 0.3) is 5.69 Å². The highest BCUT2D eigenvalue weighted by Gasteiger charge is 2.18. The van der Waals surface area contributed by atoms with Gasteiger partial charge in [0.15, 0.2) is 0 Å². The van der Waals surface area contributed by atoms with Gasteiger partial charge in [-0.1, -0.05) is 19.1 Å². The molecule has 0 aliphatic heterocycles. The molecule has 128 valence electrons. The van der Waals surface area contributed by atoms with Crippen LogP contribution in [0.1, 0.15) is 18.3 Å². The van der Waals surface area contributed by atoms with Crippen LogP contribution in [-0.4, -0.2) is 45.4 Å². The number of urea groups is 1. The smallest absolute Gasteiger partial charge is 0.321 e. The molecule has 0 aliphatic rings. The number of carbonyl (C=O) groups is 2. The van der Waals surface area contributed by atoms with E-state index >= 15 is 0 Å². The van der Waals surface area contributed by atoms with Crippen LogP contribution >= 0.6 is 0 Å². The van der Waals surface area contributed by atoms with E-state index in [0.717, 1.165) is 17.1 Å². The summed E-state index contributed by atoms with van der Waals surface area (Å²) in [5.74, 6) is -1.57. The van der Waals surface area contributed by atoms with Crippen LogP contribution in [0.4, 0.5) is 10.5 Å². The zero-order chi connectivity index (χ0) is 17.9. The van der Waals surface area contributed by atoms with Crippen molar-refractivity contribution in [1.29, 1.82) is 0 Å². The number of nitrogens with zero attached hydrogens (tertiary/aromatic N) is 3. The van der Waals surface area contributed by atoms with Crippen molar-refractivity contribution in [2.75, 3.05) is 18.9 Å². The van der Waals surface area contributed by atoms with Crippen LogP contribution in [-0.2, 0) is 4.79 Å². The van der Waals surface area contributed by atoms with Crippen LogP contribution in [0.2, 0.25) is 0 Å². The monoisotopic (exact) mass is 330 g/mol. The van der Waals surface area contributed by atoms with Crippen molar-refractivity contribution >= 4 is 17.7 Å². The predicted octanol–water partition coefficient (Wildman–Crippen LogP) is 2.67. The number of carbonyl (C=O) groups excluding carboxylic acids is 1. The van der Waals surface area contributed by atoms with E-state index in [0.29, 0.717) is 5.69 Å². The molecule has 7 heteroatoms. The lowest BCUT2D eigenvalue weighted by molar-refractivity contribution is -0.141. The molecule has 1 aromatic heterocycles. The number of anilines is 1. The summed E-state index contributed by atoms with van der Waals surface area (Å²) in [4.78, 5) is 24.6. The second-order valence-electron chi connectivity index (χ2n) is 5.91. The summed E-state index contributed by atoms with van der Waals surface area (Å²) in [6.07, 6.45) is 0. The molecule has 0 saturated heterocycles. The average molecular weight is 330 g/mol. The number of carboxylic acids is 1. The molecule has 1 atom stereocenters. The van der Waals surface area contributed by atoms with Gasteiger partial charge in [-0.3, -0.25) is 4.79 Å². The summed E-state index contributed by atoms with van der Waals surface area (Å²) in [6.45, 7) is 5.55. The molecule has 2 N–H and O–H groups in total. The van der Waals surface area contributed by atoms with Gasteiger partial charge in [0, 0.05) is 19.3 Å². The first-order chi connectivity index (χ1) is 11.3. The fourth-order valence-corrected chi connectivity index (χ4v) is 2.42. The molecule has 0 bridgehead atoms. The average Bonchev–Trinajstić information content (AvgIpc) is 2.86. The van der Waals surface area contributed by atoms with E-state index in [9.17, 15) is 9.59 Å². The molecule has 2 aromatic rings. The maximum absolute atomic E-state index is 12.3. The zero-order valence-corrected chi connectivity index (χ0v) is 14.3. The van der Waals surface area contributed by atoms with Gasteiger partial charge >= 0.3 is 12.0 Å². The Morgan fingerprint density at radius 2 is 2.00 bits per heavy atom. The van der Waals surface area contributed by atoms with Crippen molar-refractivity contribution in [3.05, 3.63) is 41.7 Å². The molecule has 0 spiro atoms. The maximum Gasteiger partial charge on any atom is 0.321 e. The molecule has 7 nitrogen and oxygen atoms in total. The first kappa shape index (κ1) is 17.5. The van der Waals surface area contributed by atoms with Crippen molar-refractivity contribution in [2.45, 2.75) is 20.8 Å². The third-order valence-electron chi connectivity index (χ3n) is 3.70. The number of para-hydroxylation sites is 2. The first-order valence-corrected chi connectivity index (χ1v) is 7.67. The van der Waals surface area contributed by atoms with Gasteiger partial charge in [-0.15, -0.1) is 0 Å². The Labute approximate surface area is 140 Å². The van der Waals surface area contributed by atoms with Crippen LogP contribution < -0.4 is 5.32 Å². The number of carboxylic acid groups (broad SMARTS) is 1. The molecule has 0 radical (unpaired) electrons. The van der Waals surface area contributed by atoms with Gasteiger partial charge < -0.3 is 15.3 Å². The molecular weight excluding hydrogens is 308 g/mol. The van der Waals surface area contributed by atoms with Gasteiger partial charge in [0.1, 0.15) is 0 Å². The highest BCUT2D eigenvalue weighted by atomic mass is 16.4. The summed E-state index contributed by atoms with van der Waals surface area (Å²) >= 11 is 0. The fourth-order valence-electron chi connectivity index (χ4n) is 2.42. The zero-order valence-electron chi connectivity index (χ0n) is 14.3. The number of aromatic nitrogens is 2. The summed E-state index contributed by atoms with van der Waals surface area (Å²) < 4.78 is 1.77. The lowest BCUT2D eigenvalue weighted by atomic mass is 10.2. The number of aryl methyl sites for hydroxylation is 2. The van der Waals surface area contributed by atoms with E-state index in [-0.39, 0.29) is 12.6 Å². The molecule has 1 aromatic carbocycles. The quantitative estimate of drug-likeness (QED) is 0.882. The first-order valence-electron chi connectivity index (χ1n) is 7.67. The number of amides is 2. The number of hydrogen-bond donors (Lipinski definition) is 2. The van der Waals surface area contributed by atoms with Crippen molar-refractivity contribution < 1.29 is 14.7 Å². The Bertz CT molecular complexity index is 754. The number of hydrogen-bond acceptors (Lipinski definition) is 3. The highest BCUT2D eigenvalue weighted by Crippen LogP contribution is 2.22. The van der Waals surface area contributed by atoms with Crippen LogP contribution in [0.3, 0.4) is 0 Å². The Morgan fingerprint density at radius 1 is 1.33 bits per heavy atom. The van der Waals surface area contributed by atoms with Gasteiger partial charge in [-0.25, -0.2) is 9.48 Å². The molecule has 0 aliphatic carbocycles. The van der Waals surface area contributed by atoms with E-state index in [2.05, 4.69) is 10.4 Å². The predicted molar refractivity (Wildman–Crippen MR) is 91.5 cm³/mol. The maximum atomic E-state index is 12.3. The Hall–Kier alpha value is -2.83. The summed E-state index contributed by atoms with van der Waals surface area (Å²) in [6, 6.07) is 8.95. The third kappa shape index (κ3) is 3.92. The number of benzene rings is 1. The summed E-state index contributed by atoms with van der Waals surface area (Å²) in [7, 11) is 1.57. The van der Waals surface area contributed by atoms with E-state index in [1.807, 2.05) is 38.1 Å². The third-order valence-corrected chi connectivity index (χ3v) is 3.70. The molecule has 24 heavy (non-hydrogen) atoms. The van der Waals surface area contributed by atoms with E-state index in [1.165, 1.54) is 4.90 Å². The van der Waals surface area contributed by atoms with Gasteiger partial charge in [-0.05, 0) is 32.0 Å². The number of rotatable bonds is 5. The molecule has 2 amide bonds. The molecule has 0 fully saturated rings. The lowest BCUT2D eigenvalue weighted by Crippen LogP contribution is -2.36. The Balaban J connectivity index is 2.20. The molecule has 2 rings (SSSR count). The second kappa shape index (κ2) is 7.16. The molecular formula is C17H22N4O3. The largest absolute Gasteiger partial charge is 0.481 e. The van der Waals surface area contributed by atoms with Crippen LogP contribution in [0, 0.1) is 19.8 Å². The van der Waals surface area contributed by atoms with Crippen molar-refractivity contribution in [3.63, 3.8) is 0 Å². The summed E-state index contributed by atoms with van der Waals surface area (Å²) in [5, 5.41) is 16.2. The molecule has 1 unspecified atom stereocenters. The topological polar surface area (TPSA) is 87.5 Å². The van der Waals surface area contributed by atoms with E-state index in [4.69, 9.17) is 5.11 Å². The Kier molecular flexibility index (Phi) is 5.23. The molecule has 1 heterocycles. The van der Waals surface area contributed by atoms with Crippen molar-refractivity contribution in [1.82, 2.24) is 14.7 Å². The minimum absolute atomic E-state index is 0.128. The van der Waals surface area contributed by atoms with E-state index < -0.39 is 11.9 Å². The summed E-state index contributed by atoms with van der Waals surface area (Å²) in [5.41, 5.74) is 3.22. The minimum Gasteiger partial charge on any atom is -0.481 e. The SMILES string of the molecule is Cc1cc(C)n(-c2ccccc2NC(=O)N(C)CC(C)C(=O)O)n1. The van der Waals surface area contributed by atoms with Gasteiger partial charge in [0.05, 0.1) is 23.0 Å². The van der Waals surface area contributed by atoms with Gasteiger partial charge in [-0.2, -0.15) is 5.10 Å². The van der Waals surface area contributed by atoms with Crippen molar-refractivity contribution in [3.8, 4) is 5.69 Å². The second-order valence-corrected chi connectivity index (χ2v) is 5.91. The van der Waals surface area contributed by atoms with E-state index in [1.54, 1.807) is 24.7 Å². The fraction of sp³-hybridized carbons (Fsp3) is 0.353. The highest BCUT2D eigenvalue weighted by molar-refractivity contribution is 5.91. The minimum atomic E-state index is -0.933. The van der Waals surface area contributed by atoms with Crippen LogP contribution in [0.15, 0.2) is 30.3 Å². The van der Waals surface area contributed by atoms with Crippen LogP contribution in [0.5, 0.6) is 0 Å². The number of nitrogens with one attached hydrogen (secondary N) is 1. The van der Waals surface area contributed by atoms with Gasteiger partial charge in [0.25, 0.3) is 0 Å². The Morgan fingerprint density at radius 3 is 2.58 bits per heavy atom. The lowest BCUT2D eigenvalue weighted by Gasteiger charge is -2.21. The normalized spacial score (nSPS) is 11.8. The van der Waals surface area contributed by atoms with Gasteiger partial charge in [0.2, 0.25) is 0 Å². The molecule has 0 saturated carbocycles. The number of aliphatic carboxylic acids is 1. The standard InChI is InChI=1S/C17H22N4O3/c1-11(16(22)23)10-20(4)17(24)18-14-7-5-6-8-15(14)21-13(3)9-12(2)19-21/h5-9,11H,10H2,1-4H3,(H,18,24)(H,22,23).